The van der Waals surface area contributed by atoms with Crippen molar-refractivity contribution in [3.63, 3.8) is 0 Å². The first-order valence-corrected chi connectivity index (χ1v) is 20.0. The van der Waals surface area contributed by atoms with Crippen LogP contribution in [0, 0.1) is 0 Å². The molecular weight excluding hydrogens is 774 g/mol. The summed E-state index contributed by atoms with van der Waals surface area (Å²) in [6.07, 6.45) is -6.94. The number of phenolic OH excluding ortho intramolecular Hbond substituents is 3. The van der Waals surface area contributed by atoms with Crippen molar-refractivity contribution in [3.8, 4) is 17.2 Å². The van der Waals surface area contributed by atoms with E-state index >= 15 is 0 Å². The Morgan fingerprint density at radius 2 is 1.51 bits per heavy atom. The zero-order valence-corrected chi connectivity index (χ0v) is 34.1. The predicted octanol–water partition coefficient (Wildman–Crippen LogP) is 2.86. The molecule has 322 valence electrons. The molecule has 0 amide bonds. The van der Waals surface area contributed by atoms with Crippen molar-refractivity contribution in [1.29, 1.82) is 0 Å². The summed E-state index contributed by atoms with van der Waals surface area (Å²) in [7, 11) is 4.86. The van der Waals surface area contributed by atoms with E-state index in [1.807, 2.05) is 19.0 Å². The maximum absolute atomic E-state index is 13.9. The number of likely N-dealkylation sites (N-methyl/N-ethyl adjacent to an activating group) is 1. The summed E-state index contributed by atoms with van der Waals surface area (Å²) in [6.45, 7) is 6.90. The van der Waals surface area contributed by atoms with Gasteiger partial charge in [0.2, 0.25) is 5.78 Å². The van der Waals surface area contributed by atoms with Crippen LogP contribution < -0.4 is 0 Å². The number of Topliss-reactive ketones (excluding diaryl/α,β-unsaturated/α-hetero) is 1. The molecule has 5 aliphatic rings. The number of aliphatic hydroxyl groups excluding tert-OH is 1. The van der Waals surface area contributed by atoms with E-state index in [9.17, 15) is 44.7 Å². The van der Waals surface area contributed by atoms with Crippen molar-refractivity contribution in [3.05, 3.63) is 51.6 Å². The molecule has 3 aliphatic heterocycles. The number of hydrogen-bond donors (Lipinski definition) is 5. The highest BCUT2D eigenvalue weighted by Crippen LogP contribution is 2.54. The van der Waals surface area contributed by atoms with E-state index in [0.29, 0.717) is 12.8 Å². The molecule has 2 aromatic rings. The summed E-state index contributed by atoms with van der Waals surface area (Å²) >= 11 is 0. The van der Waals surface area contributed by atoms with Crippen LogP contribution in [0.2, 0.25) is 0 Å². The number of aliphatic hydroxyl groups is 2. The molecule has 0 unspecified atom stereocenters. The highest BCUT2D eigenvalue weighted by atomic mass is 16.7. The van der Waals surface area contributed by atoms with Crippen molar-refractivity contribution >= 4 is 23.3 Å². The minimum absolute atomic E-state index is 0.000624. The third kappa shape index (κ3) is 7.77. The summed E-state index contributed by atoms with van der Waals surface area (Å²) < 4.78 is 42.6. The highest BCUT2D eigenvalue weighted by Gasteiger charge is 2.54. The molecule has 0 radical (unpaired) electrons. The van der Waals surface area contributed by atoms with Crippen LogP contribution in [0.25, 0.3) is 0 Å². The number of phenols is 3. The number of hydrogen-bond acceptors (Lipinski definition) is 17. The Morgan fingerprint density at radius 1 is 0.864 bits per heavy atom. The van der Waals surface area contributed by atoms with E-state index in [1.54, 1.807) is 27.7 Å². The molecule has 17 nitrogen and oxygen atoms in total. The summed E-state index contributed by atoms with van der Waals surface area (Å²) in [4.78, 5) is 55.1. The van der Waals surface area contributed by atoms with Gasteiger partial charge in [-0.2, -0.15) is 0 Å². The molecule has 0 bridgehead atoms. The molecule has 0 saturated carbocycles. The SMILES string of the molecule is CC[C@@]1(O)C[C@@H](O[C@H]2C[C@H](N(C)C)[C@H](O[C@H]3C[C@H](O)[C@H](O[C@H]4CCC(=O)[C@H](C)O4)[C@H](C)O3)[C@H](C)O2)c2c(cc3c(c2O)C(=O)c2c(O)cc(O)cc2C3=O)[C@H]1C(=O)OC. The molecular formula is C42H53NO16. The van der Waals surface area contributed by atoms with E-state index in [4.69, 9.17) is 33.2 Å². The van der Waals surface area contributed by atoms with Crippen molar-refractivity contribution in [2.24, 2.45) is 0 Å². The molecule has 13 atom stereocenters. The van der Waals surface area contributed by atoms with E-state index in [2.05, 4.69) is 0 Å². The van der Waals surface area contributed by atoms with Gasteiger partial charge in [0.05, 0.1) is 48.3 Å². The second kappa shape index (κ2) is 16.4. The van der Waals surface area contributed by atoms with E-state index < -0.39 is 119 Å². The number of nitrogens with zero attached hydrogens (tertiary/aromatic N) is 1. The summed E-state index contributed by atoms with van der Waals surface area (Å²) in [5, 5.41) is 56.0. The lowest BCUT2D eigenvalue weighted by atomic mass is 9.67. The van der Waals surface area contributed by atoms with Crippen LogP contribution in [-0.4, -0.2) is 142 Å². The van der Waals surface area contributed by atoms with Gasteiger partial charge >= 0.3 is 5.97 Å². The lowest BCUT2D eigenvalue weighted by Crippen LogP contribution is -2.58. The van der Waals surface area contributed by atoms with Crippen molar-refractivity contribution in [2.75, 3.05) is 21.2 Å². The summed E-state index contributed by atoms with van der Waals surface area (Å²) in [6, 6.07) is 2.86. The summed E-state index contributed by atoms with van der Waals surface area (Å²) in [5.74, 6) is -5.71. The smallest absolute Gasteiger partial charge is 0.316 e. The Morgan fingerprint density at radius 3 is 2.14 bits per heavy atom. The van der Waals surface area contributed by atoms with Gasteiger partial charge in [-0.05, 0) is 59.0 Å². The Balaban J connectivity index is 1.14. The van der Waals surface area contributed by atoms with Crippen molar-refractivity contribution < 1.29 is 77.9 Å². The first-order valence-electron chi connectivity index (χ1n) is 20.0. The number of esters is 1. The van der Waals surface area contributed by atoms with Gasteiger partial charge in [0.15, 0.2) is 30.4 Å². The third-order valence-electron chi connectivity index (χ3n) is 12.5. The molecule has 5 N–H and O–H groups in total. The number of carbonyl (C=O) groups excluding carboxylic acids is 4. The zero-order valence-electron chi connectivity index (χ0n) is 34.1. The second-order valence-corrected chi connectivity index (χ2v) is 16.5. The topological polar surface area (TPSA) is 237 Å². The second-order valence-electron chi connectivity index (χ2n) is 16.5. The molecule has 3 heterocycles. The molecule has 0 aromatic heterocycles. The fourth-order valence-electron chi connectivity index (χ4n) is 9.33. The van der Waals surface area contributed by atoms with Crippen LogP contribution in [0.15, 0.2) is 18.2 Å². The minimum atomic E-state index is -1.80. The van der Waals surface area contributed by atoms with Gasteiger partial charge in [-0.25, -0.2) is 0 Å². The Labute approximate surface area is 341 Å². The van der Waals surface area contributed by atoms with Crippen LogP contribution in [0.4, 0.5) is 0 Å². The predicted molar refractivity (Wildman–Crippen MR) is 203 cm³/mol. The molecule has 17 heteroatoms. The number of carbonyl (C=O) groups is 4. The van der Waals surface area contributed by atoms with Crippen LogP contribution in [-0.2, 0) is 42.7 Å². The average Bonchev–Trinajstić information content (AvgIpc) is 3.16. The quantitative estimate of drug-likeness (QED) is 0.195. The number of aromatic hydroxyl groups is 3. The van der Waals surface area contributed by atoms with Crippen LogP contribution in [0.5, 0.6) is 17.2 Å². The highest BCUT2D eigenvalue weighted by molar-refractivity contribution is 6.30. The van der Waals surface area contributed by atoms with Crippen molar-refractivity contribution in [1.82, 2.24) is 4.90 Å². The van der Waals surface area contributed by atoms with Crippen LogP contribution in [0.3, 0.4) is 0 Å². The standard InChI is InChI=1S/C42H53NO16/c1-8-42(52)16-28(33-21(35(42)41(51)53-7)13-23-34(38(33)50)37(49)32-22(36(23)48)11-20(44)12-26(32)46)57-30-14-24(43(5)6)39(18(3)55-30)59-31-15-27(47)40(19(4)56-31)58-29-10-9-25(45)17(2)54-29/h11-13,17-19,24,27-31,35,39-40,44,46-47,50,52H,8-10,14-16H2,1-7H3/t17-,18-,19-,24-,27-,28+,29-,30-,31-,35-,39+,40+,42+/m0/s1. The normalized spacial score (nSPS) is 35.9. The molecule has 3 saturated heterocycles. The van der Waals surface area contributed by atoms with Gasteiger partial charge in [-0.3, -0.25) is 19.2 Å². The minimum Gasteiger partial charge on any atom is -0.508 e. The Bertz CT molecular complexity index is 1990. The molecule has 0 spiro atoms. The monoisotopic (exact) mass is 827 g/mol. The maximum atomic E-state index is 13.9. The molecule has 3 fully saturated rings. The Hall–Kier alpha value is -4.04. The van der Waals surface area contributed by atoms with E-state index in [0.717, 1.165) is 19.2 Å². The van der Waals surface area contributed by atoms with Gasteiger partial charge in [0.25, 0.3) is 0 Å². The molecule has 59 heavy (non-hydrogen) atoms. The largest absolute Gasteiger partial charge is 0.508 e. The molecule has 2 aliphatic carbocycles. The fraction of sp³-hybridized carbons (Fsp3) is 0.619. The van der Waals surface area contributed by atoms with Crippen molar-refractivity contribution in [2.45, 2.75) is 145 Å². The van der Waals surface area contributed by atoms with Gasteiger partial charge in [-0.15, -0.1) is 0 Å². The molecule has 2 aromatic carbocycles. The van der Waals surface area contributed by atoms with E-state index in [1.165, 1.54) is 6.07 Å². The van der Waals surface area contributed by atoms with E-state index in [-0.39, 0.29) is 59.8 Å². The van der Waals surface area contributed by atoms with Gasteiger partial charge in [-0.1, -0.05) is 6.92 Å². The number of ketones is 3. The van der Waals surface area contributed by atoms with Gasteiger partial charge < -0.3 is 63.6 Å². The molecule has 7 rings (SSSR count). The first kappa shape index (κ1) is 43.1. The third-order valence-corrected chi connectivity index (χ3v) is 12.5. The number of methoxy groups -OCH3 is 1. The van der Waals surface area contributed by atoms with Crippen LogP contribution >= 0.6 is 0 Å². The average molecular weight is 828 g/mol. The van der Waals surface area contributed by atoms with Gasteiger partial charge in [0.1, 0.15) is 41.5 Å². The Kier molecular flexibility index (Phi) is 12.0. The van der Waals surface area contributed by atoms with Crippen LogP contribution in [0.1, 0.15) is 121 Å². The number of ether oxygens (including phenoxy) is 7. The zero-order chi connectivity index (χ0) is 42.8. The lowest BCUT2D eigenvalue weighted by Gasteiger charge is -2.48. The summed E-state index contributed by atoms with van der Waals surface area (Å²) in [5.41, 5.74) is -3.22. The lowest BCUT2D eigenvalue weighted by molar-refractivity contribution is -0.324. The number of benzene rings is 2. The number of rotatable bonds is 9. The number of fused-ring (bicyclic) bond motifs is 3. The first-order chi connectivity index (χ1) is 27.9. The van der Waals surface area contributed by atoms with Gasteiger partial charge in [0, 0.05) is 60.9 Å². The maximum Gasteiger partial charge on any atom is 0.316 e. The fourth-order valence-corrected chi connectivity index (χ4v) is 9.33.